The second kappa shape index (κ2) is 6.33. The minimum absolute atomic E-state index is 0.174. The molecular formula is C19H20N2O5. The first-order chi connectivity index (χ1) is 12.2. The number of nitrogens with zero attached hydrogens (tertiary/aromatic N) is 1. The first-order valence-corrected chi connectivity index (χ1v) is 8.20. The van der Waals surface area contributed by atoms with E-state index in [-0.39, 0.29) is 5.76 Å². The van der Waals surface area contributed by atoms with Gasteiger partial charge in [0.15, 0.2) is 0 Å². The molecule has 3 rings (SSSR count). The predicted molar refractivity (Wildman–Crippen MR) is 95.5 cm³/mol. The average Bonchev–Trinajstić information content (AvgIpc) is 3.21. The Labute approximate surface area is 150 Å². The van der Waals surface area contributed by atoms with E-state index in [1.807, 2.05) is 24.3 Å². The monoisotopic (exact) mass is 356 g/mol. The van der Waals surface area contributed by atoms with Gasteiger partial charge in [0, 0.05) is 27.6 Å². The summed E-state index contributed by atoms with van der Waals surface area (Å²) >= 11 is 0. The van der Waals surface area contributed by atoms with Crippen molar-refractivity contribution in [3.05, 3.63) is 70.3 Å². The lowest BCUT2D eigenvalue weighted by Crippen LogP contribution is -2.46. The second-order valence-electron chi connectivity index (χ2n) is 7.12. The van der Waals surface area contributed by atoms with Crippen molar-refractivity contribution in [2.24, 2.45) is 0 Å². The smallest absolute Gasteiger partial charge is 0.331 e. The van der Waals surface area contributed by atoms with Crippen LogP contribution in [0.1, 0.15) is 32.1 Å². The lowest BCUT2D eigenvalue weighted by atomic mass is 9.77. The Morgan fingerprint density at radius 3 is 2.58 bits per heavy atom. The maximum absolute atomic E-state index is 13.3. The molecule has 2 aromatic heterocycles. The molecule has 26 heavy (non-hydrogen) atoms. The zero-order valence-corrected chi connectivity index (χ0v) is 14.8. The van der Waals surface area contributed by atoms with Crippen LogP contribution in [0.2, 0.25) is 0 Å². The first kappa shape index (κ1) is 17.7. The molecule has 3 aromatic rings. The molecule has 0 saturated heterocycles. The van der Waals surface area contributed by atoms with Crippen LogP contribution in [-0.2, 0) is 14.9 Å². The van der Waals surface area contributed by atoms with E-state index in [0.717, 1.165) is 5.52 Å². The summed E-state index contributed by atoms with van der Waals surface area (Å²) < 4.78 is 11.1. The number of H-pyrrole nitrogens is 1. The summed E-state index contributed by atoms with van der Waals surface area (Å²) in [5, 5.41) is 12.3. The molecule has 7 heteroatoms. The fourth-order valence-corrected chi connectivity index (χ4v) is 3.08. The van der Waals surface area contributed by atoms with Gasteiger partial charge < -0.3 is 14.1 Å². The number of rotatable bonds is 5. The first-order valence-electron chi connectivity index (χ1n) is 8.20. The molecule has 1 atom stereocenters. The summed E-state index contributed by atoms with van der Waals surface area (Å²) in [4.78, 5) is 27.4. The van der Waals surface area contributed by atoms with Crippen LogP contribution >= 0.6 is 0 Å². The number of furan rings is 1. The molecule has 0 aliphatic carbocycles. The molecule has 0 radical (unpaired) electrons. The standard InChI is InChI=1S/C19H20N2O5/c1-18(2,3)26-17(22)19(12-21(23)24,16-9-6-10-25-16)14-11-20-15-8-5-4-7-13(14)15/h4-11,20H,12H2,1-3H3/t19-/m1/s1. The van der Waals surface area contributed by atoms with Crippen molar-refractivity contribution in [2.75, 3.05) is 6.54 Å². The van der Waals surface area contributed by atoms with Crippen molar-refractivity contribution in [3.63, 3.8) is 0 Å². The van der Waals surface area contributed by atoms with E-state index >= 15 is 0 Å². The fraction of sp³-hybridized carbons (Fsp3) is 0.316. The Hall–Kier alpha value is -3.09. The number of hydrogen-bond donors (Lipinski definition) is 1. The number of nitro groups is 1. The van der Waals surface area contributed by atoms with Crippen LogP contribution in [-0.4, -0.2) is 28.0 Å². The van der Waals surface area contributed by atoms with E-state index in [0.29, 0.717) is 10.9 Å². The highest BCUT2D eigenvalue weighted by molar-refractivity contribution is 5.95. The third-order valence-corrected chi connectivity index (χ3v) is 4.10. The SMILES string of the molecule is CC(C)(C)OC(=O)[C@@](C[N+](=O)[O-])(c1ccco1)c1c[nH]c2ccccc12. The number of carbonyl (C=O) groups is 1. The molecule has 0 amide bonds. The van der Waals surface area contributed by atoms with Crippen LogP contribution in [0, 0.1) is 10.1 Å². The number of para-hydroxylation sites is 1. The summed E-state index contributed by atoms with van der Waals surface area (Å²) in [5.41, 5.74) is -1.28. The number of aromatic amines is 1. The normalized spacial score (nSPS) is 14.1. The number of hydrogen-bond acceptors (Lipinski definition) is 5. The Morgan fingerprint density at radius 1 is 1.23 bits per heavy atom. The van der Waals surface area contributed by atoms with E-state index < -0.39 is 28.5 Å². The van der Waals surface area contributed by atoms with Crippen molar-refractivity contribution >= 4 is 16.9 Å². The number of fused-ring (bicyclic) bond motifs is 1. The molecule has 0 bridgehead atoms. The van der Waals surface area contributed by atoms with Gasteiger partial charge in [0.1, 0.15) is 11.4 Å². The lowest BCUT2D eigenvalue weighted by Gasteiger charge is -2.30. The van der Waals surface area contributed by atoms with Crippen molar-refractivity contribution < 1.29 is 18.9 Å². The molecule has 7 nitrogen and oxygen atoms in total. The van der Waals surface area contributed by atoms with E-state index in [4.69, 9.17) is 9.15 Å². The summed E-state index contributed by atoms with van der Waals surface area (Å²) in [6.07, 6.45) is 3.00. The van der Waals surface area contributed by atoms with Gasteiger partial charge in [-0.2, -0.15) is 0 Å². The molecule has 0 aliphatic heterocycles. The summed E-state index contributed by atoms with van der Waals surface area (Å²) in [5.74, 6) is -0.547. The van der Waals surface area contributed by atoms with Crippen LogP contribution in [0.5, 0.6) is 0 Å². The van der Waals surface area contributed by atoms with Crippen LogP contribution in [0.15, 0.2) is 53.3 Å². The Morgan fingerprint density at radius 2 is 1.96 bits per heavy atom. The van der Waals surface area contributed by atoms with Crippen molar-refractivity contribution in [2.45, 2.75) is 31.8 Å². The Bertz CT molecular complexity index is 936. The van der Waals surface area contributed by atoms with Crippen molar-refractivity contribution in [3.8, 4) is 0 Å². The summed E-state index contributed by atoms with van der Waals surface area (Å²) in [7, 11) is 0. The zero-order valence-electron chi connectivity index (χ0n) is 14.8. The molecule has 0 fully saturated rings. The molecule has 0 saturated carbocycles. The minimum Gasteiger partial charge on any atom is -0.467 e. The largest absolute Gasteiger partial charge is 0.467 e. The topological polar surface area (TPSA) is 98.4 Å². The predicted octanol–water partition coefficient (Wildman–Crippen LogP) is 3.67. The molecule has 1 N–H and O–H groups in total. The maximum Gasteiger partial charge on any atom is 0.331 e. The van der Waals surface area contributed by atoms with E-state index in [1.165, 1.54) is 6.26 Å². The highest BCUT2D eigenvalue weighted by Gasteiger charge is 2.53. The highest BCUT2D eigenvalue weighted by atomic mass is 16.6. The lowest BCUT2D eigenvalue weighted by molar-refractivity contribution is -0.487. The number of ether oxygens (including phenoxy) is 1. The van der Waals surface area contributed by atoms with Crippen LogP contribution in [0.3, 0.4) is 0 Å². The Balaban J connectivity index is 2.30. The highest BCUT2D eigenvalue weighted by Crippen LogP contribution is 2.39. The molecule has 1 aromatic carbocycles. The van der Waals surface area contributed by atoms with Gasteiger partial charge in [0.05, 0.1) is 6.26 Å². The van der Waals surface area contributed by atoms with Crippen molar-refractivity contribution in [1.29, 1.82) is 0 Å². The van der Waals surface area contributed by atoms with Gasteiger partial charge in [-0.3, -0.25) is 14.9 Å². The average molecular weight is 356 g/mol. The van der Waals surface area contributed by atoms with Crippen LogP contribution < -0.4 is 0 Å². The Kier molecular flexibility index (Phi) is 4.31. The van der Waals surface area contributed by atoms with Gasteiger partial charge in [-0.25, -0.2) is 0 Å². The quantitative estimate of drug-likeness (QED) is 0.427. The molecule has 2 heterocycles. The van der Waals surface area contributed by atoms with Gasteiger partial charge in [-0.15, -0.1) is 0 Å². The third kappa shape index (κ3) is 3.08. The van der Waals surface area contributed by atoms with Gasteiger partial charge in [0.2, 0.25) is 12.0 Å². The molecule has 0 aliphatic rings. The third-order valence-electron chi connectivity index (χ3n) is 4.10. The fourth-order valence-electron chi connectivity index (χ4n) is 3.08. The van der Waals surface area contributed by atoms with E-state index in [9.17, 15) is 14.9 Å². The summed E-state index contributed by atoms with van der Waals surface area (Å²) in [6.45, 7) is 4.48. The maximum atomic E-state index is 13.3. The summed E-state index contributed by atoms with van der Waals surface area (Å²) in [6, 6.07) is 10.5. The number of benzene rings is 1. The molecular weight excluding hydrogens is 336 g/mol. The number of carbonyl (C=O) groups excluding carboxylic acids is 1. The van der Waals surface area contributed by atoms with Gasteiger partial charge in [0.25, 0.3) is 0 Å². The van der Waals surface area contributed by atoms with Gasteiger partial charge in [-0.05, 0) is 39.0 Å². The molecule has 136 valence electrons. The zero-order chi connectivity index (χ0) is 18.9. The number of nitrogens with one attached hydrogen (secondary N) is 1. The number of aromatic nitrogens is 1. The van der Waals surface area contributed by atoms with Gasteiger partial charge in [-0.1, -0.05) is 18.2 Å². The number of esters is 1. The van der Waals surface area contributed by atoms with Crippen molar-refractivity contribution in [1.82, 2.24) is 4.98 Å². The van der Waals surface area contributed by atoms with Crippen LogP contribution in [0.4, 0.5) is 0 Å². The van der Waals surface area contributed by atoms with Gasteiger partial charge >= 0.3 is 5.97 Å². The minimum atomic E-state index is -1.69. The molecule has 0 spiro atoms. The van der Waals surface area contributed by atoms with Crippen LogP contribution in [0.25, 0.3) is 10.9 Å². The second-order valence-corrected chi connectivity index (χ2v) is 7.12. The molecule has 0 unspecified atom stereocenters. The van der Waals surface area contributed by atoms with E-state index in [2.05, 4.69) is 4.98 Å². The van der Waals surface area contributed by atoms with E-state index in [1.54, 1.807) is 39.1 Å².